The van der Waals surface area contributed by atoms with Crippen molar-refractivity contribution >= 4 is 11.6 Å². The highest BCUT2D eigenvalue weighted by Gasteiger charge is 2.31. The Bertz CT molecular complexity index is 418. The van der Waals surface area contributed by atoms with Crippen LogP contribution < -0.4 is 9.64 Å². The molecule has 86 valence electrons. The Balaban J connectivity index is 2.45. The minimum atomic E-state index is -0.566. The molecular weight excluding hydrogens is 210 g/mol. The fourth-order valence-electron chi connectivity index (χ4n) is 1.73. The number of aromatic hydroxyl groups is 1. The van der Waals surface area contributed by atoms with E-state index in [1.54, 1.807) is 13.0 Å². The molecule has 1 aromatic rings. The largest absolute Gasteiger partial charge is 0.508 e. The molecule has 0 saturated carbocycles. The molecule has 1 aliphatic heterocycles. The third-order valence-corrected chi connectivity index (χ3v) is 2.47. The van der Waals surface area contributed by atoms with E-state index in [-0.39, 0.29) is 24.8 Å². The summed E-state index contributed by atoms with van der Waals surface area (Å²) in [4.78, 5) is 13.2. The second-order valence-corrected chi connectivity index (χ2v) is 3.63. The molecule has 0 radical (unpaired) electrons. The molecule has 1 amide bonds. The van der Waals surface area contributed by atoms with E-state index in [1.807, 2.05) is 0 Å². The second-order valence-electron chi connectivity index (χ2n) is 3.63. The summed E-state index contributed by atoms with van der Waals surface area (Å²) < 4.78 is 5.39. The average molecular weight is 223 g/mol. The van der Waals surface area contributed by atoms with E-state index < -0.39 is 6.10 Å². The number of amides is 1. The Kier molecular flexibility index (Phi) is 2.70. The molecule has 2 N–H and O–H groups in total. The van der Waals surface area contributed by atoms with E-state index >= 15 is 0 Å². The molecule has 1 unspecified atom stereocenters. The van der Waals surface area contributed by atoms with Crippen LogP contribution in [0.1, 0.15) is 6.92 Å². The van der Waals surface area contributed by atoms with Gasteiger partial charge in [-0.25, -0.2) is 0 Å². The highest BCUT2D eigenvalue weighted by atomic mass is 16.5. The Labute approximate surface area is 92.9 Å². The number of rotatable bonds is 2. The molecule has 1 atom stereocenters. The molecule has 1 heterocycles. The van der Waals surface area contributed by atoms with Crippen LogP contribution in [0.2, 0.25) is 0 Å². The van der Waals surface area contributed by atoms with Gasteiger partial charge >= 0.3 is 0 Å². The van der Waals surface area contributed by atoms with Crippen LogP contribution in [-0.2, 0) is 4.79 Å². The number of hydrogen-bond acceptors (Lipinski definition) is 4. The van der Waals surface area contributed by atoms with E-state index in [1.165, 1.54) is 17.0 Å². The maximum atomic E-state index is 11.8. The third kappa shape index (κ3) is 1.69. The normalized spacial score (nSPS) is 19.2. The van der Waals surface area contributed by atoms with Crippen molar-refractivity contribution in [2.45, 2.75) is 13.0 Å². The van der Waals surface area contributed by atoms with Crippen molar-refractivity contribution in [3.05, 3.63) is 18.2 Å². The summed E-state index contributed by atoms with van der Waals surface area (Å²) >= 11 is 0. The Morgan fingerprint density at radius 1 is 1.50 bits per heavy atom. The van der Waals surface area contributed by atoms with Crippen LogP contribution >= 0.6 is 0 Å². The predicted molar refractivity (Wildman–Crippen MR) is 57.6 cm³/mol. The Morgan fingerprint density at radius 3 is 2.94 bits per heavy atom. The summed E-state index contributed by atoms with van der Waals surface area (Å²) in [5.74, 6) is 0.387. The van der Waals surface area contributed by atoms with Crippen molar-refractivity contribution in [1.82, 2.24) is 0 Å². The third-order valence-electron chi connectivity index (χ3n) is 2.47. The first-order valence-corrected chi connectivity index (χ1v) is 5.05. The zero-order valence-corrected chi connectivity index (χ0v) is 8.88. The maximum absolute atomic E-state index is 11.8. The van der Waals surface area contributed by atoms with Gasteiger partial charge in [-0.1, -0.05) is 0 Å². The van der Waals surface area contributed by atoms with Gasteiger partial charge in [-0.05, 0) is 19.1 Å². The van der Waals surface area contributed by atoms with Crippen molar-refractivity contribution in [3.8, 4) is 11.5 Å². The van der Waals surface area contributed by atoms with Gasteiger partial charge in [-0.15, -0.1) is 0 Å². The number of aliphatic hydroxyl groups excluding tert-OH is 1. The molecule has 2 rings (SSSR count). The van der Waals surface area contributed by atoms with Crippen molar-refractivity contribution in [1.29, 1.82) is 0 Å². The molecule has 1 aliphatic rings. The Morgan fingerprint density at radius 2 is 2.25 bits per heavy atom. The van der Waals surface area contributed by atoms with Crippen LogP contribution in [0, 0.1) is 0 Å². The molecule has 1 aromatic carbocycles. The molecule has 0 aliphatic carbocycles. The van der Waals surface area contributed by atoms with E-state index in [0.717, 1.165) is 0 Å². The van der Waals surface area contributed by atoms with Crippen molar-refractivity contribution < 1.29 is 19.7 Å². The number of phenols is 1. The first kappa shape index (κ1) is 10.8. The molecule has 0 aromatic heterocycles. The number of aliphatic hydroxyl groups is 1. The first-order valence-electron chi connectivity index (χ1n) is 5.05. The quantitative estimate of drug-likeness (QED) is 0.766. The van der Waals surface area contributed by atoms with Crippen LogP contribution in [-0.4, -0.2) is 35.4 Å². The molecule has 16 heavy (non-hydrogen) atoms. The summed E-state index contributed by atoms with van der Waals surface area (Å²) in [7, 11) is 0. The summed E-state index contributed by atoms with van der Waals surface area (Å²) in [6.45, 7) is 1.72. The monoisotopic (exact) mass is 223 g/mol. The zero-order valence-electron chi connectivity index (χ0n) is 8.88. The second kappa shape index (κ2) is 4.02. The number of carbonyl (C=O) groups is 1. The van der Waals surface area contributed by atoms with Crippen LogP contribution in [0.3, 0.4) is 0 Å². The van der Waals surface area contributed by atoms with Crippen molar-refractivity contribution in [2.24, 2.45) is 0 Å². The highest BCUT2D eigenvalue weighted by molar-refractivity contribution is 6.00. The van der Waals surface area contributed by atoms with Gasteiger partial charge in [0.05, 0.1) is 12.3 Å². The van der Waals surface area contributed by atoms with Gasteiger partial charge in [0.15, 0.2) is 6.10 Å². The van der Waals surface area contributed by atoms with Gasteiger partial charge in [0, 0.05) is 12.6 Å². The fourth-order valence-corrected chi connectivity index (χ4v) is 1.73. The smallest absolute Gasteiger partial charge is 0.267 e. The lowest BCUT2D eigenvalue weighted by atomic mass is 10.2. The lowest BCUT2D eigenvalue weighted by Crippen LogP contribution is -2.45. The molecule has 5 heteroatoms. The topological polar surface area (TPSA) is 70.0 Å². The van der Waals surface area contributed by atoms with Crippen molar-refractivity contribution in [3.63, 3.8) is 0 Å². The first-order chi connectivity index (χ1) is 7.63. The van der Waals surface area contributed by atoms with Gasteiger partial charge < -0.3 is 19.8 Å². The van der Waals surface area contributed by atoms with Crippen LogP contribution in [0.25, 0.3) is 0 Å². The fraction of sp³-hybridized carbons (Fsp3) is 0.364. The molecule has 0 fully saturated rings. The summed E-state index contributed by atoms with van der Waals surface area (Å²) in [6, 6.07) is 4.56. The zero-order chi connectivity index (χ0) is 11.7. The number of nitrogens with zero attached hydrogens (tertiary/aromatic N) is 1. The number of β-amino-alcohol motifs (C(OH)–C–C–N with tert-alkyl or cyclic N) is 1. The van der Waals surface area contributed by atoms with Crippen LogP contribution in [0.5, 0.6) is 11.5 Å². The van der Waals surface area contributed by atoms with E-state index in [2.05, 4.69) is 0 Å². The van der Waals surface area contributed by atoms with E-state index in [0.29, 0.717) is 11.4 Å². The number of phenolic OH excluding ortho intramolecular Hbond substituents is 1. The van der Waals surface area contributed by atoms with Gasteiger partial charge in [0.2, 0.25) is 0 Å². The van der Waals surface area contributed by atoms with E-state index in [9.17, 15) is 9.90 Å². The minimum absolute atomic E-state index is 0.0626. The summed E-state index contributed by atoms with van der Waals surface area (Å²) in [5.41, 5.74) is 0.497. The minimum Gasteiger partial charge on any atom is -0.508 e. The summed E-state index contributed by atoms with van der Waals surface area (Å²) in [6.07, 6.45) is -0.566. The van der Waals surface area contributed by atoms with Gasteiger partial charge in [-0.3, -0.25) is 4.79 Å². The Hall–Kier alpha value is -1.75. The van der Waals surface area contributed by atoms with Gasteiger partial charge in [0.25, 0.3) is 5.91 Å². The highest BCUT2D eigenvalue weighted by Crippen LogP contribution is 2.36. The lowest BCUT2D eigenvalue weighted by Gasteiger charge is -2.32. The number of ether oxygens (including phenoxy) is 1. The van der Waals surface area contributed by atoms with Crippen molar-refractivity contribution in [2.75, 3.05) is 18.1 Å². The van der Waals surface area contributed by atoms with Crippen LogP contribution in [0.4, 0.5) is 5.69 Å². The number of carbonyl (C=O) groups excluding carboxylic acids is 1. The number of hydrogen-bond donors (Lipinski definition) is 2. The molecule has 0 bridgehead atoms. The number of anilines is 1. The lowest BCUT2D eigenvalue weighted by molar-refractivity contribution is -0.125. The van der Waals surface area contributed by atoms with Gasteiger partial charge in [-0.2, -0.15) is 0 Å². The number of benzene rings is 1. The average Bonchev–Trinajstić information content (AvgIpc) is 2.26. The molecular formula is C11H13NO4. The molecule has 5 nitrogen and oxygen atoms in total. The predicted octanol–water partition coefficient (Wildman–Crippen LogP) is 0.498. The maximum Gasteiger partial charge on any atom is 0.267 e. The standard InChI is InChI=1S/C11H13NO4/c1-7-11(15)12(4-5-13)9-6-8(14)2-3-10(9)16-7/h2-3,6-7,13-14H,4-5H2,1H3. The molecule has 0 saturated heterocycles. The van der Waals surface area contributed by atoms with E-state index in [4.69, 9.17) is 9.84 Å². The van der Waals surface area contributed by atoms with Crippen LogP contribution in [0.15, 0.2) is 18.2 Å². The van der Waals surface area contributed by atoms with Gasteiger partial charge in [0.1, 0.15) is 11.5 Å². The molecule has 0 spiro atoms. The number of fused-ring (bicyclic) bond motifs is 1. The summed E-state index contributed by atoms with van der Waals surface area (Å²) in [5, 5.41) is 18.3. The SMILES string of the molecule is CC1Oc2ccc(O)cc2N(CCO)C1=O.